The van der Waals surface area contributed by atoms with Crippen molar-refractivity contribution in [1.29, 1.82) is 0 Å². The fourth-order valence-electron chi connectivity index (χ4n) is 1.21. The minimum atomic E-state index is -0.0498. The molecule has 121 valence electrons. The molecule has 4 nitrogen and oxygen atoms in total. The largest absolute Gasteiger partial charge is 1.00 e. The van der Waals surface area contributed by atoms with Crippen LogP contribution in [0.5, 0.6) is 0 Å². The third-order valence-corrected chi connectivity index (χ3v) is 2.17. The quantitative estimate of drug-likeness (QED) is 0.625. The van der Waals surface area contributed by atoms with Gasteiger partial charge in [0.15, 0.2) is 0 Å². The van der Waals surface area contributed by atoms with Crippen LogP contribution >= 0.6 is 0 Å². The van der Waals surface area contributed by atoms with Crippen LogP contribution in [0.2, 0.25) is 0 Å². The van der Waals surface area contributed by atoms with E-state index >= 15 is 0 Å². The second-order valence-electron chi connectivity index (χ2n) is 5.04. The Bertz CT molecular complexity index is 497. The van der Waals surface area contributed by atoms with Crippen LogP contribution in [0.25, 0.3) is 0 Å². The standard InChI is InChI=1S/C8H8NO.C7H10NO.2CH4.B.K/c1-7(10)9-8-5-3-2-4-6-8;1-7(2,3)6-4-5-8-9-6;;;;/h3-6H,1H3,(H,9,10);4H,1-3H3;2*1H4;;/q2*-1;;;;+1. The van der Waals surface area contributed by atoms with E-state index in [1.54, 1.807) is 30.3 Å². The predicted molar refractivity (Wildman–Crippen MR) is 92.8 cm³/mol. The molecule has 0 saturated heterocycles. The maximum absolute atomic E-state index is 10.5. The van der Waals surface area contributed by atoms with Gasteiger partial charge in [0.2, 0.25) is 5.91 Å². The van der Waals surface area contributed by atoms with Crippen molar-refractivity contribution >= 4 is 20.0 Å². The van der Waals surface area contributed by atoms with E-state index in [0.29, 0.717) is 0 Å². The van der Waals surface area contributed by atoms with Gasteiger partial charge in [0, 0.05) is 15.3 Å². The Morgan fingerprint density at radius 3 is 2.04 bits per heavy atom. The summed E-state index contributed by atoms with van der Waals surface area (Å²) in [6, 6.07) is 11.7. The molecule has 6 heteroatoms. The van der Waals surface area contributed by atoms with Crippen molar-refractivity contribution < 1.29 is 60.7 Å². The molecule has 0 aliphatic carbocycles. The number of aromatic nitrogens is 1. The van der Waals surface area contributed by atoms with Gasteiger partial charge in [-0.3, -0.25) is 4.79 Å². The first kappa shape index (κ1) is 30.5. The van der Waals surface area contributed by atoms with Gasteiger partial charge in [-0.05, 0) is 11.2 Å². The first-order chi connectivity index (χ1) is 8.89. The second-order valence-corrected chi connectivity index (χ2v) is 5.04. The molecule has 1 aromatic heterocycles. The molecule has 0 unspecified atom stereocenters. The van der Waals surface area contributed by atoms with Crippen LogP contribution in [0.4, 0.5) is 5.69 Å². The van der Waals surface area contributed by atoms with E-state index in [9.17, 15) is 4.79 Å². The Hall–Kier alpha value is -0.399. The van der Waals surface area contributed by atoms with Crippen LogP contribution in [0, 0.1) is 12.3 Å². The Morgan fingerprint density at radius 2 is 1.74 bits per heavy atom. The minimum Gasteiger partial charge on any atom is -0.470 e. The third kappa shape index (κ3) is 13.7. The number of amides is 1. The molecule has 0 aliphatic heterocycles. The molecule has 23 heavy (non-hydrogen) atoms. The van der Waals surface area contributed by atoms with Gasteiger partial charge in [-0.25, -0.2) is 5.16 Å². The van der Waals surface area contributed by atoms with Crippen molar-refractivity contribution in [3.63, 3.8) is 0 Å². The van der Waals surface area contributed by atoms with E-state index < -0.39 is 0 Å². The molecule has 0 fully saturated rings. The first-order valence-electron chi connectivity index (χ1n) is 5.96. The molecule has 2 rings (SSSR count). The van der Waals surface area contributed by atoms with Crippen LogP contribution in [-0.2, 0) is 10.2 Å². The normalized spacial score (nSPS) is 8.52. The molecule has 1 N–H and O–H groups in total. The summed E-state index contributed by atoms with van der Waals surface area (Å²) in [5.41, 5.74) is 0.874. The molecule has 0 saturated carbocycles. The summed E-state index contributed by atoms with van der Waals surface area (Å²) < 4.78 is 4.89. The summed E-state index contributed by atoms with van der Waals surface area (Å²) in [6.07, 6.45) is 2.62. The molecule has 0 atom stereocenters. The fourth-order valence-corrected chi connectivity index (χ4v) is 1.21. The van der Waals surface area contributed by atoms with E-state index in [4.69, 9.17) is 4.52 Å². The summed E-state index contributed by atoms with van der Waals surface area (Å²) in [5, 5.41) is 6.13. The summed E-state index contributed by atoms with van der Waals surface area (Å²) >= 11 is 0. The smallest absolute Gasteiger partial charge is 0.470 e. The van der Waals surface area contributed by atoms with E-state index in [2.05, 4.69) is 43.5 Å². The summed E-state index contributed by atoms with van der Waals surface area (Å²) in [5.74, 6) is 0.828. The van der Waals surface area contributed by atoms with Crippen LogP contribution in [0.3, 0.4) is 0 Å². The van der Waals surface area contributed by atoms with E-state index in [0.717, 1.165) is 11.4 Å². The SMILES string of the molecule is C.C.CC(=O)Nc1cc[c-]cc1.CC(C)(C)c1c[c-]no1.[B].[K+]. The van der Waals surface area contributed by atoms with Gasteiger partial charge in [0.1, 0.15) is 0 Å². The number of nitrogens with zero attached hydrogens (tertiary/aromatic N) is 1. The van der Waals surface area contributed by atoms with Crippen LogP contribution < -0.4 is 56.7 Å². The molecule has 3 radical (unpaired) electrons. The van der Waals surface area contributed by atoms with Gasteiger partial charge in [0.05, 0.1) is 0 Å². The summed E-state index contributed by atoms with van der Waals surface area (Å²) in [4.78, 5) is 10.5. The fraction of sp³-hybridized carbons (Fsp3) is 0.412. The van der Waals surface area contributed by atoms with Gasteiger partial charge in [-0.15, -0.1) is 18.3 Å². The number of nitrogens with one attached hydrogen (secondary N) is 1. The van der Waals surface area contributed by atoms with Crippen molar-refractivity contribution in [2.75, 3.05) is 5.32 Å². The van der Waals surface area contributed by atoms with Gasteiger partial charge in [0.25, 0.3) is 0 Å². The van der Waals surface area contributed by atoms with Crippen LogP contribution in [0.1, 0.15) is 48.3 Å². The molecular formula is C17H26BKN2O2-. The average Bonchev–Trinajstić information content (AvgIpc) is 2.83. The minimum absolute atomic E-state index is 0. The molecule has 1 heterocycles. The Morgan fingerprint density at radius 1 is 1.22 bits per heavy atom. The molecular weight excluding hydrogens is 314 g/mol. The van der Waals surface area contributed by atoms with Gasteiger partial charge in [-0.1, -0.05) is 41.3 Å². The van der Waals surface area contributed by atoms with Crippen molar-refractivity contribution in [1.82, 2.24) is 5.16 Å². The summed E-state index contributed by atoms with van der Waals surface area (Å²) in [7, 11) is 0. The number of benzene rings is 1. The van der Waals surface area contributed by atoms with Crippen molar-refractivity contribution in [2.45, 2.75) is 48.0 Å². The van der Waals surface area contributed by atoms with E-state index in [1.165, 1.54) is 6.92 Å². The number of anilines is 1. The molecule has 0 bridgehead atoms. The Labute approximate surface area is 185 Å². The van der Waals surface area contributed by atoms with Gasteiger partial charge >= 0.3 is 51.4 Å². The van der Waals surface area contributed by atoms with Gasteiger partial charge < -0.3 is 9.84 Å². The third-order valence-electron chi connectivity index (χ3n) is 2.17. The Kier molecular flexibility index (Phi) is 20.1. The van der Waals surface area contributed by atoms with Crippen LogP contribution in [0.15, 0.2) is 34.9 Å². The topological polar surface area (TPSA) is 55.1 Å². The molecule has 1 aromatic carbocycles. The number of carbonyl (C=O) groups excluding carboxylic acids is 1. The number of rotatable bonds is 1. The maximum atomic E-state index is 10.5. The molecule has 0 spiro atoms. The molecule has 2 aromatic rings. The van der Waals surface area contributed by atoms with Crippen molar-refractivity contribution in [3.05, 3.63) is 48.4 Å². The first-order valence-corrected chi connectivity index (χ1v) is 5.96. The van der Waals surface area contributed by atoms with E-state index in [-0.39, 0.29) is 86.0 Å². The monoisotopic (exact) mass is 340 g/mol. The number of carbonyl (C=O) groups is 1. The number of hydrogen-bond donors (Lipinski definition) is 1. The molecule has 1 amide bonds. The van der Waals surface area contributed by atoms with Crippen LogP contribution in [-0.4, -0.2) is 19.5 Å². The zero-order valence-electron chi connectivity index (χ0n) is 13.2. The second kappa shape index (κ2) is 15.1. The molecule has 0 aliphatic rings. The Balaban J connectivity index is -0.000000134. The number of hydrogen-bond acceptors (Lipinski definition) is 3. The van der Waals surface area contributed by atoms with Gasteiger partial charge in [-0.2, -0.15) is 24.3 Å². The predicted octanol–water partition coefficient (Wildman–Crippen LogP) is 1.11. The zero-order chi connectivity index (χ0) is 14.3. The van der Waals surface area contributed by atoms with Crippen molar-refractivity contribution in [3.8, 4) is 0 Å². The maximum Gasteiger partial charge on any atom is 1.00 e. The van der Waals surface area contributed by atoms with E-state index in [1.807, 2.05) is 0 Å². The zero-order valence-corrected chi connectivity index (χ0v) is 16.4. The summed E-state index contributed by atoms with van der Waals surface area (Å²) in [6.45, 7) is 7.70. The average molecular weight is 340 g/mol. The van der Waals surface area contributed by atoms with Crippen molar-refractivity contribution in [2.24, 2.45) is 0 Å².